The molecule has 2 aliphatic rings. The molecule has 0 amide bonds. The molecule has 0 aliphatic heterocycles. The van der Waals surface area contributed by atoms with Crippen LogP contribution in [0.25, 0.3) is 0 Å². The number of nitrogen functional groups attached to an aromatic ring is 2. The van der Waals surface area contributed by atoms with Crippen molar-refractivity contribution in [1.82, 2.24) is 0 Å². The van der Waals surface area contributed by atoms with E-state index in [1.54, 1.807) is 36.4 Å². The summed E-state index contributed by atoms with van der Waals surface area (Å²) in [6.45, 7) is 4.59. The van der Waals surface area contributed by atoms with Crippen LogP contribution in [0, 0.1) is 0 Å². The van der Waals surface area contributed by atoms with Gasteiger partial charge in [-0.15, -0.1) is 0 Å². The lowest BCUT2D eigenvalue weighted by atomic mass is 9.74. The molecule has 6 heteroatoms. The summed E-state index contributed by atoms with van der Waals surface area (Å²) in [5, 5.41) is 20.4. The van der Waals surface area contributed by atoms with Crippen LogP contribution in [0.5, 0.6) is 34.5 Å². The molecular weight excluding hydrogens is 560 g/mol. The fourth-order valence-corrected chi connectivity index (χ4v) is 7.12. The maximum Gasteiger partial charge on any atom is 0.142 e. The van der Waals surface area contributed by atoms with E-state index < -0.39 is 0 Å². The van der Waals surface area contributed by atoms with Gasteiger partial charge in [-0.25, -0.2) is 0 Å². The molecule has 0 heterocycles. The summed E-state index contributed by atoms with van der Waals surface area (Å²) in [5.41, 5.74) is 17.0. The minimum Gasteiger partial charge on any atom is -0.506 e. The maximum absolute atomic E-state index is 10.2. The highest BCUT2D eigenvalue weighted by Gasteiger charge is 2.29. The Balaban J connectivity index is 1.37. The van der Waals surface area contributed by atoms with Gasteiger partial charge in [0.1, 0.15) is 34.5 Å². The Kier molecular flexibility index (Phi) is 8.84. The van der Waals surface area contributed by atoms with Gasteiger partial charge in [-0.3, -0.25) is 0 Å². The average Bonchev–Trinajstić information content (AvgIpc) is 3.05. The van der Waals surface area contributed by atoms with E-state index in [2.05, 4.69) is 50.2 Å². The molecule has 0 unspecified atom stereocenters. The normalized spacial score (nSPS) is 16.4. The van der Waals surface area contributed by atoms with Gasteiger partial charge < -0.3 is 31.2 Å². The Hall–Kier alpha value is -4.32. The number of nitrogens with two attached hydrogens (primary N) is 2. The largest absolute Gasteiger partial charge is 0.506 e. The Morgan fingerprint density at radius 2 is 0.956 bits per heavy atom. The summed E-state index contributed by atoms with van der Waals surface area (Å²) in [7, 11) is 0. The first kappa shape index (κ1) is 30.7. The fraction of sp³-hybridized carbons (Fsp3) is 0.385. The van der Waals surface area contributed by atoms with Crippen molar-refractivity contribution in [2.24, 2.45) is 0 Å². The minimum absolute atomic E-state index is 0.0267. The number of aromatic hydroxyl groups is 2. The number of hydrogen-bond acceptors (Lipinski definition) is 6. The van der Waals surface area contributed by atoms with Crippen molar-refractivity contribution < 1.29 is 19.7 Å². The lowest BCUT2D eigenvalue weighted by Crippen LogP contribution is -2.21. The second-order valence-electron chi connectivity index (χ2n) is 13.4. The predicted octanol–water partition coefficient (Wildman–Crippen LogP) is 10.3. The molecule has 2 saturated carbocycles. The monoisotopic (exact) mass is 606 g/mol. The van der Waals surface area contributed by atoms with Crippen LogP contribution in [0.15, 0.2) is 72.8 Å². The smallest absolute Gasteiger partial charge is 0.142 e. The van der Waals surface area contributed by atoms with E-state index in [0.717, 1.165) is 37.2 Å². The van der Waals surface area contributed by atoms with Crippen molar-refractivity contribution in [2.45, 2.75) is 95.3 Å². The van der Waals surface area contributed by atoms with Crippen molar-refractivity contribution in [1.29, 1.82) is 0 Å². The lowest BCUT2D eigenvalue weighted by Gasteiger charge is -2.32. The van der Waals surface area contributed by atoms with E-state index in [9.17, 15) is 10.2 Å². The number of phenolic OH excluding ortho intramolecular Hbond substituents is 2. The molecule has 0 radical (unpaired) electrons. The van der Waals surface area contributed by atoms with Gasteiger partial charge in [0.2, 0.25) is 0 Å². The zero-order valence-electron chi connectivity index (χ0n) is 26.5. The van der Waals surface area contributed by atoms with E-state index in [0.29, 0.717) is 34.7 Å². The number of ether oxygens (including phenoxy) is 2. The predicted molar refractivity (Wildman–Crippen MR) is 182 cm³/mol. The standard InChI is InChI=1S/C39H46N2O4/c1-39(2,27-13-19-37(31(21-27)25-9-5-3-6-10-25)44-29-15-17-33(40)35(42)23-29)28-14-20-38(32(22-28)26-11-7-4-8-12-26)45-30-16-18-34(41)36(43)24-30/h13-26,42-43H,3-12,40-41H2,1-2H3. The SMILES string of the molecule is CC(C)(c1ccc(Oc2ccc(N)c(O)c2)c(C2CCCCC2)c1)c1ccc(Oc2ccc(N)c(O)c2)c(C2CCCCC2)c1. The minimum atomic E-state index is -0.275. The first-order valence-corrected chi connectivity index (χ1v) is 16.5. The van der Waals surface area contributed by atoms with Crippen LogP contribution < -0.4 is 20.9 Å². The number of anilines is 2. The van der Waals surface area contributed by atoms with Crippen molar-refractivity contribution in [3.05, 3.63) is 95.1 Å². The van der Waals surface area contributed by atoms with Gasteiger partial charge in [0.15, 0.2) is 0 Å². The molecule has 4 aromatic rings. The van der Waals surface area contributed by atoms with E-state index >= 15 is 0 Å². The maximum atomic E-state index is 10.2. The van der Waals surface area contributed by atoms with E-state index in [-0.39, 0.29) is 16.9 Å². The van der Waals surface area contributed by atoms with Crippen LogP contribution in [0.1, 0.15) is 112 Å². The van der Waals surface area contributed by atoms with Crippen LogP contribution >= 0.6 is 0 Å². The first-order chi connectivity index (χ1) is 21.7. The molecule has 0 aromatic heterocycles. The quantitative estimate of drug-likeness (QED) is 0.117. The second kappa shape index (κ2) is 13.0. The highest BCUT2D eigenvalue weighted by Crippen LogP contribution is 2.46. The summed E-state index contributed by atoms with van der Waals surface area (Å²) in [6, 6.07) is 23.4. The molecule has 0 bridgehead atoms. The van der Waals surface area contributed by atoms with Crippen LogP contribution in [0.3, 0.4) is 0 Å². The van der Waals surface area contributed by atoms with Crippen LogP contribution in [-0.2, 0) is 5.41 Å². The van der Waals surface area contributed by atoms with Crippen molar-refractivity contribution in [2.75, 3.05) is 11.5 Å². The van der Waals surface area contributed by atoms with Crippen LogP contribution in [0.4, 0.5) is 11.4 Å². The average molecular weight is 607 g/mol. The molecule has 236 valence electrons. The highest BCUT2D eigenvalue weighted by atomic mass is 16.5. The summed E-state index contributed by atoms with van der Waals surface area (Å²) in [5.74, 6) is 3.74. The highest BCUT2D eigenvalue weighted by molar-refractivity contribution is 5.57. The van der Waals surface area contributed by atoms with E-state index in [1.807, 2.05) is 0 Å². The Morgan fingerprint density at radius 3 is 1.33 bits per heavy atom. The van der Waals surface area contributed by atoms with Crippen LogP contribution in [0.2, 0.25) is 0 Å². The van der Waals surface area contributed by atoms with E-state index in [1.165, 1.54) is 60.8 Å². The number of rotatable bonds is 8. The molecule has 0 spiro atoms. The molecule has 4 aromatic carbocycles. The third-order valence-electron chi connectivity index (χ3n) is 10.0. The van der Waals surface area contributed by atoms with Crippen molar-refractivity contribution in [3.8, 4) is 34.5 Å². The molecule has 2 aliphatic carbocycles. The van der Waals surface area contributed by atoms with Gasteiger partial charge in [-0.05, 0) is 96.2 Å². The third kappa shape index (κ3) is 6.70. The molecule has 6 N–H and O–H groups in total. The van der Waals surface area contributed by atoms with Gasteiger partial charge in [-0.2, -0.15) is 0 Å². The summed E-state index contributed by atoms with van der Waals surface area (Å²) < 4.78 is 12.8. The van der Waals surface area contributed by atoms with Gasteiger partial charge >= 0.3 is 0 Å². The zero-order valence-corrected chi connectivity index (χ0v) is 26.5. The Morgan fingerprint density at radius 1 is 0.556 bits per heavy atom. The second-order valence-corrected chi connectivity index (χ2v) is 13.4. The van der Waals surface area contributed by atoms with Gasteiger partial charge in [0.25, 0.3) is 0 Å². The third-order valence-corrected chi connectivity index (χ3v) is 10.0. The summed E-state index contributed by atoms with van der Waals surface area (Å²) in [6.07, 6.45) is 12.0. The van der Waals surface area contributed by atoms with Crippen LogP contribution in [-0.4, -0.2) is 10.2 Å². The van der Waals surface area contributed by atoms with Gasteiger partial charge in [0.05, 0.1) is 11.4 Å². The molecule has 6 nitrogen and oxygen atoms in total. The Bertz CT molecular complexity index is 1530. The molecule has 6 rings (SSSR count). The molecular formula is C39H46N2O4. The molecule has 0 atom stereocenters. The summed E-state index contributed by atoms with van der Waals surface area (Å²) in [4.78, 5) is 0. The lowest BCUT2D eigenvalue weighted by molar-refractivity contribution is 0.414. The summed E-state index contributed by atoms with van der Waals surface area (Å²) >= 11 is 0. The van der Waals surface area contributed by atoms with Gasteiger partial charge in [-0.1, -0.05) is 76.6 Å². The number of benzene rings is 4. The Labute approximate surface area is 267 Å². The van der Waals surface area contributed by atoms with Crippen molar-refractivity contribution >= 4 is 11.4 Å². The molecule has 2 fully saturated rings. The fourth-order valence-electron chi connectivity index (χ4n) is 7.12. The first-order valence-electron chi connectivity index (χ1n) is 16.5. The van der Waals surface area contributed by atoms with Crippen molar-refractivity contribution in [3.63, 3.8) is 0 Å². The zero-order chi connectivity index (χ0) is 31.6. The number of hydrogen-bond donors (Lipinski definition) is 4. The van der Waals surface area contributed by atoms with E-state index in [4.69, 9.17) is 20.9 Å². The topological polar surface area (TPSA) is 111 Å². The molecule has 45 heavy (non-hydrogen) atoms. The van der Waals surface area contributed by atoms with Gasteiger partial charge in [0, 0.05) is 17.5 Å². The number of phenols is 2. The molecule has 0 saturated heterocycles.